The second-order valence-corrected chi connectivity index (χ2v) is 6.18. The zero-order valence-corrected chi connectivity index (χ0v) is 16.1. The molecule has 1 aromatic heterocycles. The van der Waals surface area contributed by atoms with Crippen LogP contribution in [0.4, 0.5) is 11.6 Å². The van der Waals surface area contributed by atoms with Gasteiger partial charge in [0.15, 0.2) is 0 Å². The maximum absolute atomic E-state index is 12.5. The van der Waals surface area contributed by atoms with Gasteiger partial charge < -0.3 is 15.0 Å². The van der Waals surface area contributed by atoms with E-state index < -0.39 is 0 Å². The van der Waals surface area contributed by atoms with E-state index in [1.807, 2.05) is 66.4 Å². The number of carbonyl (C=O) groups excluding carboxylic acids is 1. The largest absolute Gasteiger partial charge is 0.497 e. The first-order valence-corrected chi connectivity index (χ1v) is 9.28. The quantitative estimate of drug-likeness (QED) is 0.650. The minimum Gasteiger partial charge on any atom is -0.497 e. The first-order valence-electron chi connectivity index (χ1n) is 9.28. The molecule has 1 N–H and O–H groups in total. The fourth-order valence-corrected chi connectivity index (χ4v) is 2.86. The van der Waals surface area contributed by atoms with Crippen LogP contribution in [0.1, 0.15) is 23.0 Å². The maximum Gasteiger partial charge on any atom is 0.270 e. The van der Waals surface area contributed by atoms with Gasteiger partial charge in [0.2, 0.25) is 5.95 Å². The molecule has 1 heterocycles. The molecule has 144 valence electrons. The maximum atomic E-state index is 12.5. The van der Waals surface area contributed by atoms with Crippen molar-refractivity contribution in [1.82, 2.24) is 15.3 Å². The molecule has 0 bridgehead atoms. The number of hydrogen-bond acceptors (Lipinski definition) is 5. The van der Waals surface area contributed by atoms with E-state index in [9.17, 15) is 4.79 Å². The van der Waals surface area contributed by atoms with Crippen LogP contribution in [0.5, 0.6) is 5.75 Å². The van der Waals surface area contributed by atoms with Crippen LogP contribution in [-0.4, -0.2) is 36.1 Å². The number of methoxy groups -OCH3 is 1. The van der Waals surface area contributed by atoms with Crippen LogP contribution in [-0.2, 0) is 6.42 Å². The molecule has 0 atom stereocenters. The van der Waals surface area contributed by atoms with Gasteiger partial charge in [-0.2, -0.15) is 0 Å². The van der Waals surface area contributed by atoms with Crippen molar-refractivity contribution >= 4 is 17.5 Å². The fraction of sp³-hybridized carbons (Fsp3) is 0.227. The average Bonchev–Trinajstić information content (AvgIpc) is 2.76. The summed E-state index contributed by atoms with van der Waals surface area (Å²) in [7, 11) is 1.64. The van der Waals surface area contributed by atoms with Crippen LogP contribution in [0, 0.1) is 0 Å². The van der Waals surface area contributed by atoms with Crippen LogP contribution < -0.4 is 15.0 Å². The first-order chi connectivity index (χ1) is 13.7. The highest BCUT2D eigenvalue weighted by Gasteiger charge is 2.13. The van der Waals surface area contributed by atoms with Gasteiger partial charge in [-0.1, -0.05) is 30.3 Å². The molecule has 0 spiro atoms. The molecule has 6 nitrogen and oxygen atoms in total. The van der Waals surface area contributed by atoms with Crippen LogP contribution >= 0.6 is 0 Å². The van der Waals surface area contributed by atoms with E-state index in [0.717, 1.165) is 23.4 Å². The molecule has 0 aliphatic carbocycles. The smallest absolute Gasteiger partial charge is 0.270 e. The third-order valence-corrected chi connectivity index (χ3v) is 4.36. The van der Waals surface area contributed by atoms with Crippen molar-refractivity contribution in [1.29, 1.82) is 0 Å². The van der Waals surface area contributed by atoms with Crippen molar-refractivity contribution in [3.63, 3.8) is 0 Å². The van der Waals surface area contributed by atoms with E-state index in [-0.39, 0.29) is 5.91 Å². The summed E-state index contributed by atoms with van der Waals surface area (Å²) in [4.78, 5) is 23.3. The summed E-state index contributed by atoms with van der Waals surface area (Å²) < 4.78 is 5.15. The van der Waals surface area contributed by atoms with Crippen LogP contribution in [0.3, 0.4) is 0 Å². The minimum atomic E-state index is -0.207. The fourth-order valence-electron chi connectivity index (χ4n) is 2.86. The molecule has 0 saturated heterocycles. The van der Waals surface area contributed by atoms with Gasteiger partial charge in [0.1, 0.15) is 11.4 Å². The van der Waals surface area contributed by atoms with Gasteiger partial charge in [-0.05, 0) is 49.2 Å². The average molecular weight is 376 g/mol. The Morgan fingerprint density at radius 3 is 2.50 bits per heavy atom. The number of amides is 1. The Morgan fingerprint density at radius 1 is 1.07 bits per heavy atom. The molecule has 28 heavy (non-hydrogen) atoms. The van der Waals surface area contributed by atoms with E-state index >= 15 is 0 Å². The highest BCUT2D eigenvalue weighted by Crippen LogP contribution is 2.21. The number of hydrogen-bond donors (Lipinski definition) is 1. The van der Waals surface area contributed by atoms with Crippen molar-refractivity contribution in [2.24, 2.45) is 0 Å². The molecule has 0 fully saturated rings. The number of carbonyl (C=O) groups is 1. The van der Waals surface area contributed by atoms with Gasteiger partial charge >= 0.3 is 0 Å². The molecule has 0 aliphatic rings. The second kappa shape index (κ2) is 9.50. The number of benzene rings is 2. The lowest BCUT2D eigenvalue weighted by Crippen LogP contribution is -2.27. The number of para-hydroxylation sites is 1. The first kappa shape index (κ1) is 19.4. The lowest BCUT2D eigenvalue weighted by molar-refractivity contribution is 0.0949. The number of ether oxygens (including phenoxy) is 1. The Hall–Kier alpha value is -3.41. The number of rotatable bonds is 8. The Morgan fingerprint density at radius 2 is 1.82 bits per heavy atom. The molecule has 0 saturated carbocycles. The Bertz CT molecular complexity index is 898. The van der Waals surface area contributed by atoms with Gasteiger partial charge in [-0.3, -0.25) is 4.79 Å². The molecular formula is C22H24N4O2. The lowest BCUT2D eigenvalue weighted by atomic mass is 10.1. The molecule has 1 amide bonds. The van der Waals surface area contributed by atoms with Crippen molar-refractivity contribution in [2.45, 2.75) is 13.3 Å². The van der Waals surface area contributed by atoms with E-state index in [4.69, 9.17) is 4.74 Å². The van der Waals surface area contributed by atoms with Crippen molar-refractivity contribution in [3.05, 3.63) is 78.1 Å². The summed E-state index contributed by atoms with van der Waals surface area (Å²) in [6.45, 7) is 3.26. The van der Waals surface area contributed by atoms with Crippen LogP contribution in [0.2, 0.25) is 0 Å². The topological polar surface area (TPSA) is 67.4 Å². The molecular weight excluding hydrogens is 352 g/mol. The van der Waals surface area contributed by atoms with Gasteiger partial charge in [-0.25, -0.2) is 9.97 Å². The van der Waals surface area contributed by atoms with E-state index in [1.165, 1.54) is 0 Å². The minimum absolute atomic E-state index is 0.207. The number of aromatic nitrogens is 2. The number of nitrogens with one attached hydrogen (secondary N) is 1. The highest BCUT2D eigenvalue weighted by atomic mass is 16.5. The third-order valence-electron chi connectivity index (χ3n) is 4.36. The predicted molar refractivity (Wildman–Crippen MR) is 110 cm³/mol. The van der Waals surface area contributed by atoms with Gasteiger partial charge in [0, 0.05) is 25.0 Å². The molecule has 0 aliphatic heterocycles. The predicted octanol–water partition coefficient (Wildman–Crippen LogP) is 3.62. The molecule has 3 aromatic rings. The van der Waals surface area contributed by atoms with Crippen LogP contribution in [0.25, 0.3) is 0 Å². The summed E-state index contributed by atoms with van der Waals surface area (Å²) in [6, 6.07) is 19.3. The zero-order chi connectivity index (χ0) is 19.8. The van der Waals surface area contributed by atoms with Crippen molar-refractivity contribution < 1.29 is 9.53 Å². The third kappa shape index (κ3) is 4.85. The summed E-state index contributed by atoms with van der Waals surface area (Å²) in [6.07, 6.45) is 2.35. The zero-order valence-electron chi connectivity index (χ0n) is 16.1. The van der Waals surface area contributed by atoms with Gasteiger partial charge in [-0.15, -0.1) is 0 Å². The van der Waals surface area contributed by atoms with E-state index in [1.54, 1.807) is 19.4 Å². The Labute approximate surface area is 165 Å². The second-order valence-electron chi connectivity index (χ2n) is 6.18. The van der Waals surface area contributed by atoms with Gasteiger partial charge in [0.05, 0.1) is 7.11 Å². The normalized spacial score (nSPS) is 10.4. The summed E-state index contributed by atoms with van der Waals surface area (Å²) in [5.74, 6) is 1.12. The molecule has 6 heteroatoms. The van der Waals surface area contributed by atoms with Crippen molar-refractivity contribution in [2.75, 3.05) is 25.1 Å². The molecule has 3 rings (SSSR count). The summed E-state index contributed by atoms with van der Waals surface area (Å²) >= 11 is 0. The molecule has 2 aromatic carbocycles. The lowest BCUT2D eigenvalue weighted by Gasteiger charge is -2.21. The van der Waals surface area contributed by atoms with Crippen molar-refractivity contribution in [3.8, 4) is 5.75 Å². The summed E-state index contributed by atoms with van der Waals surface area (Å²) in [5, 5.41) is 2.92. The number of nitrogens with zero attached hydrogens (tertiary/aromatic N) is 3. The molecule has 0 radical (unpaired) electrons. The highest BCUT2D eigenvalue weighted by molar-refractivity contribution is 5.92. The Balaban J connectivity index is 1.63. The van der Waals surface area contributed by atoms with Crippen LogP contribution in [0.15, 0.2) is 66.9 Å². The van der Waals surface area contributed by atoms with Gasteiger partial charge in [0.25, 0.3) is 5.91 Å². The Kier molecular flexibility index (Phi) is 6.57. The monoisotopic (exact) mass is 376 g/mol. The van der Waals surface area contributed by atoms with E-state index in [0.29, 0.717) is 24.7 Å². The molecule has 0 unspecified atom stereocenters. The standard InChI is InChI=1S/C22H24N4O2/c1-3-26(18-7-5-4-6-8-18)22-24-16-14-20(25-22)21(27)23-15-13-17-9-11-19(28-2)12-10-17/h4-12,14,16H,3,13,15H2,1-2H3,(H,23,27). The summed E-state index contributed by atoms with van der Waals surface area (Å²) in [5.41, 5.74) is 2.47. The number of anilines is 2. The SMILES string of the molecule is CCN(c1ccccc1)c1nccc(C(=O)NCCc2ccc(OC)cc2)n1. The van der Waals surface area contributed by atoms with E-state index in [2.05, 4.69) is 15.3 Å².